The van der Waals surface area contributed by atoms with Gasteiger partial charge in [0.05, 0.1) is 0 Å². The van der Waals surface area contributed by atoms with Crippen molar-refractivity contribution < 1.29 is 0 Å². The number of hydrogen-bond donors (Lipinski definition) is 1. The Morgan fingerprint density at radius 3 is 2.47 bits per heavy atom. The Morgan fingerprint density at radius 2 is 1.89 bits per heavy atom. The van der Waals surface area contributed by atoms with Crippen molar-refractivity contribution in [2.75, 3.05) is 13.6 Å². The van der Waals surface area contributed by atoms with Crippen molar-refractivity contribution in [2.45, 2.75) is 46.3 Å². The topological polar surface area (TPSA) is 15.3 Å². The van der Waals surface area contributed by atoms with Crippen LogP contribution >= 0.6 is 15.9 Å². The summed E-state index contributed by atoms with van der Waals surface area (Å²) in [5.41, 5.74) is 1.35. The van der Waals surface area contributed by atoms with Crippen molar-refractivity contribution >= 4 is 15.9 Å². The van der Waals surface area contributed by atoms with Crippen LogP contribution < -0.4 is 5.32 Å². The van der Waals surface area contributed by atoms with Crippen molar-refractivity contribution in [2.24, 2.45) is 5.92 Å². The molecule has 1 rings (SSSR count). The molecule has 19 heavy (non-hydrogen) atoms. The molecule has 108 valence electrons. The molecule has 1 aromatic carbocycles. The van der Waals surface area contributed by atoms with E-state index in [-0.39, 0.29) is 0 Å². The van der Waals surface area contributed by atoms with E-state index in [0.717, 1.165) is 17.6 Å². The van der Waals surface area contributed by atoms with Crippen molar-refractivity contribution in [1.29, 1.82) is 0 Å². The zero-order valence-corrected chi connectivity index (χ0v) is 14.4. The highest BCUT2D eigenvalue weighted by molar-refractivity contribution is 9.10. The van der Waals surface area contributed by atoms with Gasteiger partial charge in [0.15, 0.2) is 0 Å². The number of rotatable bonds is 7. The molecule has 0 fully saturated rings. The predicted octanol–water partition coefficient (Wildman–Crippen LogP) is 3.90. The second-order valence-electron chi connectivity index (χ2n) is 5.83. The molecule has 0 aliphatic carbocycles. The summed E-state index contributed by atoms with van der Waals surface area (Å²) in [6.45, 7) is 11.1. The van der Waals surface area contributed by atoms with Gasteiger partial charge in [0.25, 0.3) is 0 Å². The third-order valence-electron chi connectivity index (χ3n) is 3.69. The third-order valence-corrected chi connectivity index (χ3v) is 4.18. The molecule has 0 bridgehead atoms. The summed E-state index contributed by atoms with van der Waals surface area (Å²) in [4.78, 5) is 2.43. The summed E-state index contributed by atoms with van der Waals surface area (Å²) in [7, 11) is 2.21. The van der Waals surface area contributed by atoms with E-state index in [2.05, 4.69) is 85.2 Å². The Hall–Kier alpha value is -0.380. The van der Waals surface area contributed by atoms with Crippen molar-refractivity contribution in [3.8, 4) is 0 Å². The molecule has 0 radical (unpaired) electrons. The van der Waals surface area contributed by atoms with Crippen LogP contribution in [0.4, 0.5) is 0 Å². The van der Waals surface area contributed by atoms with Crippen LogP contribution in [0.25, 0.3) is 0 Å². The molecular formula is C16H27BrN2. The maximum Gasteiger partial charge on any atom is 0.0234 e. The van der Waals surface area contributed by atoms with Crippen LogP contribution in [0.2, 0.25) is 0 Å². The number of benzene rings is 1. The molecule has 2 atom stereocenters. The number of halogens is 1. The average molecular weight is 327 g/mol. The Morgan fingerprint density at radius 1 is 1.21 bits per heavy atom. The molecule has 3 heteroatoms. The van der Waals surface area contributed by atoms with E-state index in [1.54, 1.807) is 0 Å². The van der Waals surface area contributed by atoms with Crippen LogP contribution in [-0.4, -0.2) is 30.6 Å². The summed E-state index contributed by atoms with van der Waals surface area (Å²) in [6, 6.07) is 9.67. The lowest BCUT2D eigenvalue weighted by atomic mass is 10.0. The second kappa shape index (κ2) is 8.03. The van der Waals surface area contributed by atoms with Crippen LogP contribution in [0, 0.1) is 5.92 Å². The minimum Gasteiger partial charge on any atom is -0.314 e. The number of nitrogens with one attached hydrogen (secondary N) is 1. The maximum absolute atomic E-state index is 3.53. The molecule has 0 spiro atoms. The molecule has 0 saturated heterocycles. The fraction of sp³-hybridized carbons (Fsp3) is 0.625. The highest BCUT2D eigenvalue weighted by atomic mass is 79.9. The molecule has 0 aliphatic heterocycles. The van der Waals surface area contributed by atoms with Crippen LogP contribution in [0.3, 0.4) is 0 Å². The van der Waals surface area contributed by atoms with Gasteiger partial charge in [-0.3, -0.25) is 4.90 Å². The Balaban J connectivity index is 2.50. The first kappa shape index (κ1) is 16.7. The quantitative estimate of drug-likeness (QED) is 0.817. The van der Waals surface area contributed by atoms with E-state index in [0.29, 0.717) is 18.0 Å². The molecule has 0 amide bonds. The first-order valence-corrected chi connectivity index (χ1v) is 7.87. The summed E-state index contributed by atoms with van der Waals surface area (Å²) in [6.07, 6.45) is 0. The highest BCUT2D eigenvalue weighted by Crippen LogP contribution is 2.16. The molecule has 0 heterocycles. The lowest BCUT2D eigenvalue weighted by molar-refractivity contribution is 0.187. The largest absolute Gasteiger partial charge is 0.314 e. The van der Waals surface area contributed by atoms with E-state index in [1.807, 2.05) is 0 Å². The van der Waals surface area contributed by atoms with E-state index < -0.39 is 0 Å². The Labute approximate surface area is 126 Å². The second-order valence-corrected chi connectivity index (χ2v) is 6.74. The van der Waals surface area contributed by atoms with E-state index in [4.69, 9.17) is 0 Å². The summed E-state index contributed by atoms with van der Waals surface area (Å²) < 4.78 is 1.15. The average Bonchev–Trinajstić information content (AvgIpc) is 2.34. The normalized spacial score (nSPS) is 14.9. The molecule has 1 N–H and O–H groups in total. The van der Waals surface area contributed by atoms with Crippen molar-refractivity contribution in [3.05, 3.63) is 34.3 Å². The lowest BCUT2D eigenvalue weighted by Crippen LogP contribution is -2.40. The first-order valence-electron chi connectivity index (χ1n) is 7.08. The van der Waals surface area contributed by atoms with Gasteiger partial charge in [-0.25, -0.2) is 0 Å². The molecule has 0 aromatic heterocycles. The van der Waals surface area contributed by atoms with E-state index in [9.17, 15) is 0 Å². The van der Waals surface area contributed by atoms with Gasteiger partial charge >= 0.3 is 0 Å². The van der Waals surface area contributed by atoms with Gasteiger partial charge < -0.3 is 5.32 Å². The van der Waals surface area contributed by atoms with Crippen LogP contribution in [0.5, 0.6) is 0 Å². The van der Waals surface area contributed by atoms with Gasteiger partial charge in [0, 0.05) is 23.1 Å². The fourth-order valence-electron chi connectivity index (χ4n) is 2.09. The molecule has 2 nitrogen and oxygen atoms in total. The summed E-state index contributed by atoms with van der Waals surface area (Å²) in [5.74, 6) is 0.638. The highest BCUT2D eigenvalue weighted by Gasteiger charge is 2.17. The smallest absolute Gasteiger partial charge is 0.0234 e. The molecule has 0 aliphatic rings. The number of nitrogens with zero attached hydrogens (tertiary/aromatic N) is 1. The molecular weight excluding hydrogens is 300 g/mol. The monoisotopic (exact) mass is 326 g/mol. The van der Waals surface area contributed by atoms with Crippen LogP contribution in [0.1, 0.15) is 33.3 Å². The van der Waals surface area contributed by atoms with Gasteiger partial charge in [0.2, 0.25) is 0 Å². The van der Waals surface area contributed by atoms with Crippen LogP contribution in [0.15, 0.2) is 28.7 Å². The molecule has 1 aromatic rings. The zero-order chi connectivity index (χ0) is 14.4. The Bertz CT molecular complexity index is 379. The molecule has 0 saturated carbocycles. The SMILES string of the molecule is CC(C)NCC(C)C(C)N(C)Cc1cccc(Br)c1. The van der Waals surface area contributed by atoms with Gasteiger partial charge in [-0.15, -0.1) is 0 Å². The molecule has 2 unspecified atom stereocenters. The van der Waals surface area contributed by atoms with E-state index >= 15 is 0 Å². The summed E-state index contributed by atoms with van der Waals surface area (Å²) >= 11 is 3.53. The van der Waals surface area contributed by atoms with Gasteiger partial charge in [-0.1, -0.05) is 48.8 Å². The lowest BCUT2D eigenvalue weighted by Gasteiger charge is -2.30. The number of hydrogen-bond acceptors (Lipinski definition) is 2. The minimum absolute atomic E-state index is 0.560. The van der Waals surface area contributed by atoms with Crippen LogP contribution in [-0.2, 0) is 6.54 Å². The standard InChI is InChI=1S/C16H27BrN2/c1-12(2)18-10-13(3)14(4)19(5)11-15-7-6-8-16(17)9-15/h6-9,12-14,18H,10-11H2,1-5H3. The van der Waals surface area contributed by atoms with Gasteiger partial charge in [-0.2, -0.15) is 0 Å². The first-order chi connectivity index (χ1) is 8.90. The third kappa shape index (κ3) is 6.07. The fourth-order valence-corrected chi connectivity index (χ4v) is 2.54. The van der Waals surface area contributed by atoms with Gasteiger partial charge in [-0.05, 0) is 44.1 Å². The minimum atomic E-state index is 0.560. The van der Waals surface area contributed by atoms with Gasteiger partial charge in [0.1, 0.15) is 0 Å². The van der Waals surface area contributed by atoms with Crippen molar-refractivity contribution in [3.63, 3.8) is 0 Å². The maximum atomic E-state index is 3.53. The van der Waals surface area contributed by atoms with Crippen molar-refractivity contribution in [1.82, 2.24) is 10.2 Å². The summed E-state index contributed by atoms with van der Waals surface area (Å²) in [5, 5.41) is 3.52. The van der Waals surface area contributed by atoms with E-state index in [1.165, 1.54) is 5.56 Å². The Kier molecular flexibility index (Phi) is 7.05. The predicted molar refractivity (Wildman–Crippen MR) is 87.4 cm³/mol. The zero-order valence-electron chi connectivity index (χ0n) is 12.8.